The topological polar surface area (TPSA) is 65.3 Å². The number of hydrogen-bond donors (Lipinski definition) is 1. The Labute approximate surface area is 176 Å². The third kappa shape index (κ3) is 6.43. The number of benzene rings is 2. The number of aromatic carboxylic acids is 1. The standard InChI is InChI=1S/C20H23Br2N3O2/c1-13-8-9-16(25(11-14(2)21)12-15(3)22)10-19(13)24-23-18-7-5-4-6-17(18)20(26)27/h4-10,14-15H,11-12H2,1-3H3,(H,26,27). The second-order valence-electron chi connectivity index (χ2n) is 6.46. The molecule has 0 fully saturated rings. The first-order chi connectivity index (χ1) is 12.8. The number of carboxylic acid groups (broad SMARTS) is 1. The molecule has 0 saturated carbocycles. The van der Waals surface area contributed by atoms with Gasteiger partial charge < -0.3 is 10.0 Å². The quantitative estimate of drug-likeness (QED) is 0.336. The van der Waals surface area contributed by atoms with E-state index < -0.39 is 5.97 Å². The molecule has 0 aliphatic carbocycles. The second-order valence-corrected chi connectivity index (χ2v) is 9.59. The van der Waals surface area contributed by atoms with Gasteiger partial charge in [-0.15, -0.1) is 5.11 Å². The molecule has 0 amide bonds. The molecule has 0 saturated heterocycles. The number of alkyl halides is 2. The first kappa shape index (κ1) is 21.6. The van der Waals surface area contributed by atoms with Crippen molar-refractivity contribution >= 4 is 54.9 Å². The molecule has 144 valence electrons. The molecule has 1 N–H and O–H groups in total. The van der Waals surface area contributed by atoms with Crippen molar-refractivity contribution in [2.24, 2.45) is 10.2 Å². The maximum absolute atomic E-state index is 11.3. The van der Waals surface area contributed by atoms with Gasteiger partial charge in [-0.1, -0.05) is 63.9 Å². The van der Waals surface area contributed by atoms with Gasteiger partial charge in [0.05, 0.1) is 11.3 Å². The molecule has 2 aromatic rings. The van der Waals surface area contributed by atoms with E-state index >= 15 is 0 Å². The Bertz CT molecular complexity index is 813. The summed E-state index contributed by atoms with van der Waals surface area (Å²) in [6.07, 6.45) is 0. The SMILES string of the molecule is Cc1ccc(N(CC(C)Br)CC(C)Br)cc1N=Nc1ccccc1C(=O)O. The smallest absolute Gasteiger partial charge is 0.337 e. The van der Waals surface area contributed by atoms with E-state index in [9.17, 15) is 9.90 Å². The molecular formula is C20H23Br2N3O2. The van der Waals surface area contributed by atoms with Crippen LogP contribution in [0, 0.1) is 6.92 Å². The van der Waals surface area contributed by atoms with Crippen LogP contribution < -0.4 is 4.90 Å². The molecule has 0 spiro atoms. The van der Waals surface area contributed by atoms with E-state index in [4.69, 9.17) is 0 Å². The third-order valence-corrected chi connectivity index (χ3v) is 4.48. The van der Waals surface area contributed by atoms with Crippen molar-refractivity contribution in [3.8, 4) is 0 Å². The lowest BCUT2D eigenvalue weighted by atomic mass is 10.1. The molecule has 2 unspecified atom stereocenters. The van der Waals surface area contributed by atoms with Crippen LogP contribution in [0.1, 0.15) is 29.8 Å². The van der Waals surface area contributed by atoms with E-state index in [1.165, 1.54) is 6.07 Å². The lowest BCUT2D eigenvalue weighted by molar-refractivity contribution is 0.0697. The summed E-state index contributed by atoms with van der Waals surface area (Å²) in [5, 5.41) is 17.8. The van der Waals surface area contributed by atoms with Crippen molar-refractivity contribution in [3.63, 3.8) is 0 Å². The Morgan fingerprint density at radius 2 is 1.63 bits per heavy atom. The summed E-state index contributed by atoms with van der Waals surface area (Å²) in [7, 11) is 0. The van der Waals surface area contributed by atoms with Gasteiger partial charge in [0.15, 0.2) is 0 Å². The molecule has 0 radical (unpaired) electrons. The minimum absolute atomic E-state index is 0.137. The van der Waals surface area contributed by atoms with Crippen molar-refractivity contribution in [1.82, 2.24) is 0 Å². The summed E-state index contributed by atoms with van der Waals surface area (Å²) in [5.74, 6) is -1.01. The number of anilines is 1. The van der Waals surface area contributed by atoms with E-state index in [1.807, 2.05) is 19.1 Å². The van der Waals surface area contributed by atoms with Gasteiger partial charge in [-0.05, 0) is 36.8 Å². The van der Waals surface area contributed by atoms with Gasteiger partial charge in [-0.25, -0.2) is 4.79 Å². The number of azo groups is 1. The summed E-state index contributed by atoms with van der Waals surface area (Å²) >= 11 is 7.25. The Hall–Kier alpha value is -1.73. The fourth-order valence-electron chi connectivity index (χ4n) is 2.64. The number of carboxylic acids is 1. The molecule has 2 rings (SSSR count). The highest BCUT2D eigenvalue weighted by atomic mass is 79.9. The van der Waals surface area contributed by atoms with Gasteiger partial charge >= 0.3 is 5.97 Å². The molecular weight excluding hydrogens is 474 g/mol. The van der Waals surface area contributed by atoms with Gasteiger partial charge in [0.1, 0.15) is 5.69 Å². The number of hydrogen-bond acceptors (Lipinski definition) is 4. The number of nitrogens with zero attached hydrogens (tertiary/aromatic N) is 3. The van der Waals surface area contributed by atoms with Crippen LogP contribution >= 0.6 is 31.9 Å². The molecule has 2 atom stereocenters. The Morgan fingerprint density at radius 3 is 2.22 bits per heavy atom. The van der Waals surface area contributed by atoms with E-state index in [0.717, 1.165) is 30.0 Å². The normalized spacial score (nSPS) is 13.5. The molecule has 0 heterocycles. The fraction of sp³-hybridized carbons (Fsp3) is 0.350. The number of halogens is 2. The zero-order chi connectivity index (χ0) is 20.0. The predicted octanol–water partition coefficient (Wildman–Crippen LogP) is 6.48. The molecule has 0 aliphatic rings. The van der Waals surface area contributed by atoms with Crippen molar-refractivity contribution in [3.05, 3.63) is 53.6 Å². The predicted molar refractivity (Wildman–Crippen MR) is 118 cm³/mol. The van der Waals surface area contributed by atoms with E-state index in [1.54, 1.807) is 18.2 Å². The summed E-state index contributed by atoms with van der Waals surface area (Å²) in [4.78, 5) is 14.3. The van der Waals surface area contributed by atoms with Crippen molar-refractivity contribution in [2.45, 2.75) is 30.4 Å². The van der Waals surface area contributed by atoms with Gasteiger partial charge in [0.25, 0.3) is 0 Å². The third-order valence-electron chi connectivity index (χ3n) is 3.90. The van der Waals surface area contributed by atoms with Crippen molar-refractivity contribution < 1.29 is 9.90 Å². The lowest BCUT2D eigenvalue weighted by Gasteiger charge is -2.27. The monoisotopic (exact) mass is 495 g/mol. The zero-order valence-electron chi connectivity index (χ0n) is 15.6. The zero-order valence-corrected chi connectivity index (χ0v) is 18.7. The number of carbonyl (C=O) groups is 1. The van der Waals surface area contributed by atoms with Crippen molar-refractivity contribution in [2.75, 3.05) is 18.0 Å². The Balaban J connectivity index is 2.35. The molecule has 0 bridgehead atoms. The van der Waals surface area contributed by atoms with Gasteiger partial charge in [0, 0.05) is 28.4 Å². The van der Waals surface area contributed by atoms with Crippen LogP contribution in [-0.4, -0.2) is 33.8 Å². The average molecular weight is 497 g/mol. The minimum atomic E-state index is -1.01. The molecule has 0 aliphatic heterocycles. The molecule has 5 nitrogen and oxygen atoms in total. The molecule has 0 aromatic heterocycles. The van der Waals surface area contributed by atoms with E-state index in [2.05, 4.69) is 66.9 Å². The molecule has 2 aromatic carbocycles. The van der Waals surface area contributed by atoms with Crippen LogP contribution in [0.3, 0.4) is 0 Å². The van der Waals surface area contributed by atoms with Crippen LogP contribution in [0.25, 0.3) is 0 Å². The largest absolute Gasteiger partial charge is 0.478 e. The van der Waals surface area contributed by atoms with Crippen molar-refractivity contribution in [1.29, 1.82) is 0 Å². The van der Waals surface area contributed by atoms with E-state index in [-0.39, 0.29) is 5.56 Å². The second kappa shape index (κ2) is 9.99. The fourth-order valence-corrected chi connectivity index (χ4v) is 3.34. The average Bonchev–Trinajstić information content (AvgIpc) is 2.60. The van der Waals surface area contributed by atoms with Crippen LogP contribution in [0.5, 0.6) is 0 Å². The Morgan fingerprint density at radius 1 is 1.04 bits per heavy atom. The lowest BCUT2D eigenvalue weighted by Crippen LogP contribution is -2.33. The maximum Gasteiger partial charge on any atom is 0.337 e. The summed E-state index contributed by atoms with van der Waals surface area (Å²) in [6, 6.07) is 12.7. The van der Waals surface area contributed by atoms with E-state index in [0.29, 0.717) is 15.3 Å². The van der Waals surface area contributed by atoms with Crippen LogP contribution in [0.4, 0.5) is 17.1 Å². The number of rotatable bonds is 8. The summed E-state index contributed by atoms with van der Waals surface area (Å²) in [6.45, 7) is 7.91. The Kier molecular flexibility index (Phi) is 7.98. The molecule has 7 heteroatoms. The van der Waals surface area contributed by atoms with Crippen LogP contribution in [-0.2, 0) is 0 Å². The highest BCUT2D eigenvalue weighted by molar-refractivity contribution is 9.09. The summed E-state index contributed by atoms with van der Waals surface area (Å²) in [5.41, 5.74) is 3.24. The van der Waals surface area contributed by atoms with Gasteiger partial charge in [-0.3, -0.25) is 0 Å². The van der Waals surface area contributed by atoms with Crippen LogP contribution in [0.2, 0.25) is 0 Å². The van der Waals surface area contributed by atoms with Crippen LogP contribution in [0.15, 0.2) is 52.7 Å². The highest BCUT2D eigenvalue weighted by Gasteiger charge is 2.14. The summed E-state index contributed by atoms with van der Waals surface area (Å²) < 4.78 is 0. The minimum Gasteiger partial charge on any atom is -0.478 e. The maximum atomic E-state index is 11.3. The first-order valence-electron chi connectivity index (χ1n) is 8.65. The number of aryl methyl sites for hydroxylation is 1. The first-order valence-corrected chi connectivity index (χ1v) is 10.5. The highest BCUT2D eigenvalue weighted by Crippen LogP contribution is 2.29. The van der Waals surface area contributed by atoms with Gasteiger partial charge in [0.2, 0.25) is 0 Å². The molecule has 27 heavy (non-hydrogen) atoms. The van der Waals surface area contributed by atoms with Gasteiger partial charge in [-0.2, -0.15) is 5.11 Å².